The minimum Gasteiger partial charge on any atom is -0.397 e. The van der Waals surface area contributed by atoms with Gasteiger partial charge in [-0.05, 0) is 6.07 Å². The number of non-ortho nitro benzene ring substituents is 1. The Balaban J connectivity index is 2.60. The fourth-order valence-electron chi connectivity index (χ4n) is 1.27. The molecular weight excluding hydrogens is 242 g/mol. The number of rotatable bonds is 6. The van der Waals surface area contributed by atoms with Crippen molar-refractivity contribution in [2.24, 2.45) is 0 Å². The van der Waals surface area contributed by atoms with E-state index in [1.807, 2.05) is 6.92 Å². The van der Waals surface area contributed by atoms with Gasteiger partial charge >= 0.3 is 0 Å². The van der Waals surface area contributed by atoms with E-state index in [9.17, 15) is 14.3 Å². The third kappa shape index (κ3) is 4.03. The minimum absolute atomic E-state index is 0.0369. The molecule has 94 valence electrons. The summed E-state index contributed by atoms with van der Waals surface area (Å²) in [6.07, 6.45) is 0. The maximum absolute atomic E-state index is 11.2. The van der Waals surface area contributed by atoms with Gasteiger partial charge in [0.25, 0.3) is 5.69 Å². The van der Waals surface area contributed by atoms with Crippen LogP contribution >= 0.6 is 0 Å². The smallest absolute Gasteiger partial charge is 0.271 e. The molecule has 0 saturated carbocycles. The van der Waals surface area contributed by atoms with Crippen LogP contribution < -0.4 is 11.1 Å². The molecule has 0 aliphatic carbocycles. The largest absolute Gasteiger partial charge is 0.397 e. The lowest BCUT2D eigenvalue weighted by molar-refractivity contribution is -0.384. The third-order valence-electron chi connectivity index (χ3n) is 2.21. The molecule has 17 heavy (non-hydrogen) atoms. The molecule has 0 aliphatic heterocycles. The van der Waals surface area contributed by atoms with Gasteiger partial charge in [0.15, 0.2) is 0 Å². The van der Waals surface area contributed by atoms with Crippen LogP contribution in [0.4, 0.5) is 17.1 Å². The first kappa shape index (κ1) is 13.4. The third-order valence-corrected chi connectivity index (χ3v) is 3.52. The van der Waals surface area contributed by atoms with Crippen LogP contribution in [-0.4, -0.2) is 27.2 Å². The topological polar surface area (TPSA) is 98.3 Å². The molecule has 3 N–H and O–H groups in total. The maximum Gasteiger partial charge on any atom is 0.271 e. The second-order valence-corrected chi connectivity index (χ2v) is 5.25. The summed E-state index contributed by atoms with van der Waals surface area (Å²) in [6, 6.07) is 4.25. The van der Waals surface area contributed by atoms with Crippen LogP contribution in [0.3, 0.4) is 0 Å². The zero-order chi connectivity index (χ0) is 12.8. The van der Waals surface area contributed by atoms with Crippen molar-refractivity contribution in [3.63, 3.8) is 0 Å². The van der Waals surface area contributed by atoms with E-state index in [1.54, 1.807) is 6.07 Å². The average Bonchev–Trinajstić information content (AvgIpc) is 2.30. The van der Waals surface area contributed by atoms with Crippen molar-refractivity contribution < 1.29 is 9.13 Å². The van der Waals surface area contributed by atoms with Gasteiger partial charge in [-0.1, -0.05) is 6.92 Å². The lowest BCUT2D eigenvalue weighted by Crippen LogP contribution is -2.13. The van der Waals surface area contributed by atoms with Crippen LogP contribution in [-0.2, 0) is 10.8 Å². The molecule has 1 rings (SSSR count). The fraction of sp³-hybridized carbons (Fsp3) is 0.400. The molecule has 6 nitrogen and oxygen atoms in total. The number of hydrogen-bond acceptors (Lipinski definition) is 5. The quantitative estimate of drug-likeness (QED) is 0.455. The molecular formula is C10H15N3O3S. The van der Waals surface area contributed by atoms with E-state index in [0.29, 0.717) is 29.4 Å². The average molecular weight is 257 g/mol. The molecule has 0 amide bonds. The van der Waals surface area contributed by atoms with Gasteiger partial charge < -0.3 is 11.1 Å². The minimum atomic E-state index is -0.831. The van der Waals surface area contributed by atoms with Gasteiger partial charge in [-0.2, -0.15) is 0 Å². The summed E-state index contributed by atoms with van der Waals surface area (Å²) in [4.78, 5) is 10.0. The normalized spacial score (nSPS) is 12.1. The van der Waals surface area contributed by atoms with E-state index < -0.39 is 15.7 Å². The number of nitro groups is 1. The van der Waals surface area contributed by atoms with E-state index in [4.69, 9.17) is 5.73 Å². The molecule has 1 aromatic rings. The molecule has 1 aromatic carbocycles. The number of benzene rings is 1. The van der Waals surface area contributed by atoms with Crippen LogP contribution in [0.5, 0.6) is 0 Å². The Morgan fingerprint density at radius 1 is 1.53 bits per heavy atom. The first-order chi connectivity index (χ1) is 8.04. The Kier molecular flexibility index (Phi) is 4.89. The molecule has 0 saturated heterocycles. The van der Waals surface area contributed by atoms with Crippen molar-refractivity contribution in [2.75, 3.05) is 29.1 Å². The number of nitro benzene ring substituents is 1. The molecule has 1 atom stereocenters. The standard InChI is InChI=1S/C10H15N3O3S/c1-2-17(16)6-5-12-10-4-3-8(13(14)15)7-9(10)11/h3-4,7,12H,2,5-6,11H2,1H3. The number of nitrogens with one attached hydrogen (secondary N) is 1. The first-order valence-corrected chi connectivity index (χ1v) is 6.66. The van der Waals surface area contributed by atoms with Crippen molar-refractivity contribution in [3.05, 3.63) is 28.3 Å². The molecule has 0 bridgehead atoms. The molecule has 0 heterocycles. The summed E-state index contributed by atoms with van der Waals surface area (Å²) in [5, 5.41) is 13.5. The van der Waals surface area contributed by atoms with Crippen LogP contribution in [0.25, 0.3) is 0 Å². The summed E-state index contributed by atoms with van der Waals surface area (Å²) in [5.41, 5.74) is 6.58. The molecule has 1 unspecified atom stereocenters. The maximum atomic E-state index is 11.2. The van der Waals surface area contributed by atoms with Crippen LogP contribution in [0.1, 0.15) is 6.92 Å². The SMILES string of the molecule is CCS(=O)CCNc1ccc([N+](=O)[O-])cc1N. The highest BCUT2D eigenvalue weighted by atomic mass is 32.2. The summed E-state index contributed by atoms with van der Waals surface area (Å²) in [7, 11) is -0.831. The Morgan fingerprint density at radius 2 is 2.24 bits per heavy atom. The molecule has 0 fully saturated rings. The monoisotopic (exact) mass is 257 g/mol. The highest BCUT2D eigenvalue weighted by Gasteiger charge is 2.08. The second-order valence-electron chi connectivity index (χ2n) is 3.39. The van der Waals surface area contributed by atoms with Crippen molar-refractivity contribution in [3.8, 4) is 0 Å². The Morgan fingerprint density at radius 3 is 2.76 bits per heavy atom. The van der Waals surface area contributed by atoms with E-state index in [0.717, 1.165) is 0 Å². The van der Waals surface area contributed by atoms with E-state index >= 15 is 0 Å². The first-order valence-electron chi connectivity index (χ1n) is 5.17. The van der Waals surface area contributed by atoms with E-state index in [1.165, 1.54) is 12.1 Å². The molecule has 7 heteroatoms. The fourth-order valence-corrected chi connectivity index (χ4v) is 1.89. The second kappa shape index (κ2) is 6.19. The van der Waals surface area contributed by atoms with Crippen LogP contribution in [0.15, 0.2) is 18.2 Å². The number of anilines is 2. The molecule has 0 spiro atoms. The Bertz CT molecular complexity index is 437. The van der Waals surface area contributed by atoms with Crippen LogP contribution in [0, 0.1) is 10.1 Å². The highest BCUT2D eigenvalue weighted by molar-refractivity contribution is 7.84. The van der Waals surface area contributed by atoms with Gasteiger partial charge in [-0.15, -0.1) is 0 Å². The lowest BCUT2D eigenvalue weighted by Gasteiger charge is -2.08. The highest BCUT2D eigenvalue weighted by Crippen LogP contribution is 2.23. The zero-order valence-corrected chi connectivity index (χ0v) is 10.3. The number of nitrogen functional groups attached to an aromatic ring is 1. The zero-order valence-electron chi connectivity index (χ0n) is 9.51. The van der Waals surface area contributed by atoms with Gasteiger partial charge in [-0.3, -0.25) is 14.3 Å². The molecule has 0 aromatic heterocycles. The van der Waals surface area contributed by atoms with Crippen molar-refractivity contribution >= 4 is 27.9 Å². The van der Waals surface area contributed by atoms with Gasteiger partial charge in [-0.25, -0.2) is 0 Å². The predicted octanol–water partition coefficient (Wildman–Crippen LogP) is 1.36. The molecule has 0 aliphatic rings. The summed E-state index contributed by atoms with van der Waals surface area (Å²) < 4.78 is 11.2. The number of nitrogens with two attached hydrogens (primary N) is 1. The number of nitrogens with zero attached hydrogens (tertiary/aromatic N) is 1. The van der Waals surface area contributed by atoms with Gasteiger partial charge in [0.05, 0.1) is 16.3 Å². The van der Waals surface area contributed by atoms with Crippen molar-refractivity contribution in [2.45, 2.75) is 6.92 Å². The lowest BCUT2D eigenvalue weighted by atomic mass is 10.2. The predicted molar refractivity (Wildman–Crippen MR) is 69.5 cm³/mol. The van der Waals surface area contributed by atoms with E-state index in [2.05, 4.69) is 5.32 Å². The summed E-state index contributed by atoms with van der Waals surface area (Å²) in [5.74, 6) is 1.16. The number of hydrogen-bond donors (Lipinski definition) is 2. The summed E-state index contributed by atoms with van der Waals surface area (Å²) >= 11 is 0. The Hall–Kier alpha value is -1.63. The molecule has 0 radical (unpaired) electrons. The van der Waals surface area contributed by atoms with E-state index in [-0.39, 0.29) is 5.69 Å². The van der Waals surface area contributed by atoms with Crippen molar-refractivity contribution in [1.82, 2.24) is 0 Å². The van der Waals surface area contributed by atoms with Gasteiger partial charge in [0.1, 0.15) is 0 Å². The van der Waals surface area contributed by atoms with Gasteiger partial charge in [0.2, 0.25) is 0 Å². The van der Waals surface area contributed by atoms with Gasteiger partial charge in [0, 0.05) is 41.0 Å². The Labute approximate surface area is 102 Å². The summed E-state index contributed by atoms with van der Waals surface area (Å²) in [6.45, 7) is 2.39. The van der Waals surface area contributed by atoms with Crippen molar-refractivity contribution in [1.29, 1.82) is 0 Å². The van der Waals surface area contributed by atoms with Crippen LogP contribution in [0.2, 0.25) is 0 Å².